The van der Waals surface area contributed by atoms with Crippen molar-refractivity contribution >= 4 is 74.3 Å². The maximum absolute atomic E-state index is 14.3. The van der Waals surface area contributed by atoms with Crippen LogP contribution in [0.2, 0.25) is 0 Å². The molecule has 46 heavy (non-hydrogen) atoms. The summed E-state index contributed by atoms with van der Waals surface area (Å²) >= 11 is 5.77. The molecule has 1 atom stereocenters. The highest BCUT2D eigenvalue weighted by molar-refractivity contribution is 14.1. The lowest BCUT2D eigenvalue weighted by Crippen LogP contribution is -2.40. The van der Waals surface area contributed by atoms with Crippen LogP contribution in [0.15, 0.2) is 112 Å². The van der Waals surface area contributed by atoms with Crippen molar-refractivity contribution in [1.29, 1.82) is 5.26 Å². The average Bonchev–Trinajstić information content (AvgIpc) is 3.38. The van der Waals surface area contributed by atoms with Crippen LogP contribution in [0.4, 0.5) is 0 Å². The molecule has 0 aliphatic carbocycles. The van der Waals surface area contributed by atoms with Gasteiger partial charge in [-0.25, -0.2) is 9.79 Å². The third kappa shape index (κ3) is 6.58. The van der Waals surface area contributed by atoms with Gasteiger partial charge in [0, 0.05) is 14.7 Å². The molecule has 2 heterocycles. The molecule has 0 bridgehead atoms. The molecular weight excluding hydrogens is 824 g/mol. The van der Waals surface area contributed by atoms with Crippen molar-refractivity contribution in [2.75, 3.05) is 6.61 Å². The molecule has 6 rings (SSSR count). The highest BCUT2D eigenvalue weighted by Gasteiger charge is 2.35. The van der Waals surface area contributed by atoms with Gasteiger partial charge in [0.05, 0.1) is 43.7 Å². The van der Waals surface area contributed by atoms with E-state index >= 15 is 0 Å². The first-order valence-corrected chi connectivity index (χ1v) is 17.3. The van der Waals surface area contributed by atoms with Gasteiger partial charge < -0.3 is 9.47 Å². The fourth-order valence-corrected chi connectivity index (χ4v) is 8.24. The zero-order valence-electron chi connectivity index (χ0n) is 24.4. The summed E-state index contributed by atoms with van der Waals surface area (Å²) in [5.41, 5.74) is 4.31. The van der Waals surface area contributed by atoms with Crippen LogP contribution in [-0.4, -0.2) is 17.1 Å². The maximum Gasteiger partial charge on any atom is 0.338 e. The first-order chi connectivity index (χ1) is 22.4. The van der Waals surface area contributed by atoms with Gasteiger partial charge in [-0.15, -0.1) is 0 Å². The predicted octanol–water partition coefficient (Wildman–Crippen LogP) is 6.60. The summed E-state index contributed by atoms with van der Waals surface area (Å²) in [6, 6.07) is 31.6. The van der Waals surface area contributed by atoms with Crippen LogP contribution in [0.1, 0.15) is 40.8 Å². The minimum absolute atomic E-state index is 0.187. The Labute approximate surface area is 296 Å². The van der Waals surface area contributed by atoms with Crippen molar-refractivity contribution in [2.45, 2.75) is 19.6 Å². The van der Waals surface area contributed by atoms with Crippen LogP contribution in [0.5, 0.6) is 5.75 Å². The monoisotopic (exact) mass is 849 g/mol. The Morgan fingerprint density at radius 2 is 1.72 bits per heavy atom. The lowest BCUT2D eigenvalue weighted by atomic mass is 9.93. The summed E-state index contributed by atoms with van der Waals surface area (Å²) < 4.78 is 15.8. The molecule has 0 saturated heterocycles. The quantitative estimate of drug-likeness (QED) is 0.130. The number of nitriles is 1. The van der Waals surface area contributed by atoms with Crippen LogP contribution < -0.4 is 19.6 Å². The molecule has 1 aromatic heterocycles. The molecule has 0 unspecified atom stereocenters. The zero-order chi connectivity index (χ0) is 32.2. The second-order valence-electron chi connectivity index (χ2n) is 10.2. The van der Waals surface area contributed by atoms with E-state index in [4.69, 9.17) is 19.7 Å². The summed E-state index contributed by atoms with van der Waals surface area (Å²) in [6.07, 6.45) is 1.83. The number of hydrogen-bond acceptors (Lipinski definition) is 7. The van der Waals surface area contributed by atoms with Gasteiger partial charge in [-0.2, -0.15) is 5.26 Å². The number of ether oxygens (including phenoxy) is 2. The van der Waals surface area contributed by atoms with E-state index in [0.29, 0.717) is 38.5 Å². The number of rotatable bonds is 8. The highest BCUT2D eigenvalue weighted by Crippen LogP contribution is 2.35. The number of esters is 1. The van der Waals surface area contributed by atoms with Gasteiger partial charge in [-0.1, -0.05) is 84.1 Å². The minimum atomic E-state index is -0.739. The topological polar surface area (TPSA) is 93.7 Å². The number of aromatic nitrogens is 1. The van der Waals surface area contributed by atoms with Gasteiger partial charge in [0.25, 0.3) is 5.56 Å². The molecule has 1 aliphatic rings. The fourth-order valence-electron chi connectivity index (χ4n) is 5.20. The third-order valence-electron chi connectivity index (χ3n) is 7.28. The Hall–Kier alpha value is -4.06. The molecule has 10 heteroatoms. The number of thiazole rings is 1. The summed E-state index contributed by atoms with van der Waals surface area (Å²) in [5.74, 6) is 0.131. The van der Waals surface area contributed by atoms with E-state index in [9.17, 15) is 9.59 Å². The standard InChI is InChI=1S/C36H25I2N3O4S/c1-2-44-35(43)30-31(24-9-5-3-6-10-24)40-36-41(32(30)25-11-7-4-8-12-25)34(42)29(46-36)18-26-17-27(37)19-28(38)33(26)45-21-23-15-13-22(20-39)14-16-23/h3-19,32H,2,21H2,1H3/b29-18-/t32-/m1/s1. The fraction of sp³-hybridized carbons (Fsp3) is 0.111. The molecule has 0 fully saturated rings. The zero-order valence-corrected chi connectivity index (χ0v) is 29.6. The number of fused-ring (bicyclic) bond motifs is 1. The summed E-state index contributed by atoms with van der Waals surface area (Å²) in [7, 11) is 0. The van der Waals surface area contributed by atoms with Crippen LogP contribution >= 0.6 is 56.5 Å². The van der Waals surface area contributed by atoms with Crippen molar-refractivity contribution in [1.82, 2.24) is 4.57 Å². The lowest BCUT2D eigenvalue weighted by molar-refractivity contribution is -0.138. The molecule has 0 saturated carbocycles. The molecule has 0 spiro atoms. The Balaban J connectivity index is 1.53. The van der Waals surface area contributed by atoms with E-state index in [2.05, 4.69) is 51.3 Å². The number of carbonyl (C=O) groups is 1. The van der Waals surface area contributed by atoms with Gasteiger partial charge in [0.2, 0.25) is 0 Å². The second-order valence-corrected chi connectivity index (χ2v) is 13.7. The van der Waals surface area contributed by atoms with E-state index in [1.54, 1.807) is 23.6 Å². The van der Waals surface area contributed by atoms with E-state index in [1.807, 2.05) is 91.0 Å². The van der Waals surface area contributed by atoms with E-state index in [-0.39, 0.29) is 12.2 Å². The van der Waals surface area contributed by atoms with Crippen molar-refractivity contribution < 1.29 is 14.3 Å². The number of halogens is 2. The van der Waals surface area contributed by atoms with E-state index in [1.165, 1.54) is 11.3 Å². The number of benzene rings is 4. The van der Waals surface area contributed by atoms with Crippen LogP contribution in [0, 0.1) is 18.5 Å². The van der Waals surface area contributed by atoms with Gasteiger partial charge in [0.1, 0.15) is 12.4 Å². The Morgan fingerprint density at radius 1 is 1.02 bits per heavy atom. The van der Waals surface area contributed by atoms with Gasteiger partial charge in [0.15, 0.2) is 4.80 Å². The summed E-state index contributed by atoms with van der Waals surface area (Å²) in [4.78, 5) is 33.4. The van der Waals surface area contributed by atoms with Crippen LogP contribution in [-0.2, 0) is 16.1 Å². The number of hydrogen-bond donors (Lipinski definition) is 0. The molecule has 0 amide bonds. The Bertz CT molecular complexity index is 2190. The van der Waals surface area contributed by atoms with E-state index < -0.39 is 12.0 Å². The van der Waals surface area contributed by atoms with Crippen molar-refractivity contribution in [3.8, 4) is 11.8 Å². The lowest BCUT2D eigenvalue weighted by Gasteiger charge is -2.25. The molecule has 1 aliphatic heterocycles. The second kappa shape index (κ2) is 14.1. The smallest absolute Gasteiger partial charge is 0.338 e. The maximum atomic E-state index is 14.3. The van der Waals surface area contributed by atoms with E-state index in [0.717, 1.165) is 29.4 Å². The molecule has 0 radical (unpaired) electrons. The highest BCUT2D eigenvalue weighted by atomic mass is 127. The predicted molar refractivity (Wildman–Crippen MR) is 195 cm³/mol. The molecule has 5 aromatic rings. The third-order valence-corrected chi connectivity index (χ3v) is 9.69. The molecule has 0 N–H and O–H groups in total. The van der Waals surface area contributed by atoms with Crippen LogP contribution in [0.3, 0.4) is 0 Å². The van der Waals surface area contributed by atoms with Crippen molar-refractivity contribution in [3.05, 3.63) is 157 Å². The normalized spacial score (nSPS) is 14.3. The van der Waals surface area contributed by atoms with Crippen molar-refractivity contribution in [3.63, 3.8) is 0 Å². The number of nitrogens with zero attached hydrogens (tertiary/aromatic N) is 3. The van der Waals surface area contributed by atoms with Crippen LogP contribution in [0.25, 0.3) is 11.8 Å². The Morgan fingerprint density at radius 3 is 2.39 bits per heavy atom. The van der Waals surface area contributed by atoms with Gasteiger partial charge >= 0.3 is 5.97 Å². The largest absolute Gasteiger partial charge is 0.487 e. The molecular formula is C36H25I2N3O4S. The Kier molecular flexibility index (Phi) is 9.81. The van der Waals surface area contributed by atoms with Crippen molar-refractivity contribution in [2.24, 2.45) is 4.99 Å². The minimum Gasteiger partial charge on any atom is -0.487 e. The summed E-state index contributed by atoms with van der Waals surface area (Å²) in [6.45, 7) is 2.24. The molecule has 228 valence electrons. The first kappa shape index (κ1) is 31.9. The SMILES string of the molecule is CCOC(=O)C1=C(c2ccccc2)N=c2s/c(=C\c3cc(I)cc(I)c3OCc3ccc(C#N)cc3)c(=O)n2[C@@H]1c1ccccc1. The molecule has 7 nitrogen and oxygen atoms in total. The first-order valence-electron chi connectivity index (χ1n) is 14.3. The number of carbonyl (C=O) groups excluding carboxylic acids is 1. The summed E-state index contributed by atoms with van der Waals surface area (Å²) in [5, 5.41) is 9.13. The van der Waals surface area contributed by atoms with Gasteiger partial charge in [-0.3, -0.25) is 9.36 Å². The van der Waals surface area contributed by atoms with Gasteiger partial charge in [-0.05, 0) is 93.6 Å². The average molecular weight is 849 g/mol. The molecule has 4 aromatic carbocycles.